The number of aromatic amines is 1. The van der Waals surface area contributed by atoms with E-state index in [0.29, 0.717) is 25.5 Å². The number of ether oxygens (including phenoxy) is 2. The number of rotatable bonds is 17. The molecule has 0 fully saturated rings. The third-order valence-electron chi connectivity index (χ3n) is 7.48. The second-order valence-electron chi connectivity index (χ2n) is 14.1. The molecule has 0 saturated heterocycles. The summed E-state index contributed by atoms with van der Waals surface area (Å²) in [6, 6.07) is 1.28. The van der Waals surface area contributed by atoms with Crippen molar-refractivity contribution in [3.63, 3.8) is 0 Å². The van der Waals surface area contributed by atoms with Crippen molar-refractivity contribution < 1.29 is 44.8 Å². The highest BCUT2D eigenvalue weighted by atomic mass is 32.2. The van der Waals surface area contributed by atoms with Crippen LogP contribution in [0.25, 0.3) is 0 Å². The van der Waals surface area contributed by atoms with Gasteiger partial charge in [0.1, 0.15) is 6.04 Å². The molecule has 54 heavy (non-hydrogen) atoms. The van der Waals surface area contributed by atoms with Crippen LogP contribution < -0.4 is 11.1 Å². The van der Waals surface area contributed by atoms with Gasteiger partial charge in [0.25, 0.3) is 15.7 Å². The number of H-pyrrole nitrogens is 1. The van der Waals surface area contributed by atoms with Gasteiger partial charge in [0.2, 0.25) is 5.56 Å². The fourth-order valence-electron chi connectivity index (χ4n) is 4.92. The molecule has 13 nitrogen and oxygen atoms in total. The second kappa shape index (κ2) is 24.1. The van der Waals surface area contributed by atoms with Crippen LogP contribution in [0, 0.1) is 18.8 Å². The molecule has 0 bridgehead atoms. The molecule has 0 amide bonds. The lowest BCUT2D eigenvalue weighted by Crippen LogP contribution is -2.33. The Balaban J connectivity index is 0.000000850. The first kappa shape index (κ1) is 50.5. The van der Waals surface area contributed by atoms with E-state index in [0.717, 1.165) is 29.4 Å². The predicted octanol–water partition coefficient (Wildman–Crippen LogP) is 4.85. The molecule has 2 unspecified atom stereocenters. The number of likely N-dealkylation sites (N-methyl/N-ethyl adjacent to an activating group) is 2. The number of carbonyl (C=O) groups is 2. The summed E-state index contributed by atoms with van der Waals surface area (Å²) in [5.74, 6) is -1.02. The van der Waals surface area contributed by atoms with Crippen LogP contribution in [-0.2, 0) is 52.4 Å². The summed E-state index contributed by atoms with van der Waals surface area (Å²) < 4.78 is 77.3. The number of alkyl halides is 3. The molecule has 2 atom stereocenters. The number of hydrogen-bond donors (Lipinski definition) is 1. The van der Waals surface area contributed by atoms with E-state index in [2.05, 4.69) is 14.1 Å². The quantitative estimate of drug-likeness (QED) is 0.173. The van der Waals surface area contributed by atoms with Gasteiger partial charge in [-0.05, 0) is 103 Å². The number of nitrogens with one attached hydrogen (secondary N) is 1. The molecule has 1 N–H and O–H groups in total. The van der Waals surface area contributed by atoms with Crippen molar-refractivity contribution in [2.24, 2.45) is 11.8 Å². The summed E-state index contributed by atoms with van der Waals surface area (Å²) in [5.41, 5.74) is 0.450. The maximum atomic E-state index is 13.3. The van der Waals surface area contributed by atoms with E-state index in [-0.39, 0.29) is 42.6 Å². The summed E-state index contributed by atoms with van der Waals surface area (Å²) >= 11 is 0. The van der Waals surface area contributed by atoms with Gasteiger partial charge < -0.3 is 28.8 Å². The Bertz CT molecular complexity index is 1670. The summed E-state index contributed by atoms with van der Waals surface area (Å²) in [4.78, 5) is 53.5. The molecule has 2 aromatic heterocycles. The molecule has 0 aliphatic heterocycles. The van der Waals surface area contributed by atoms with Crippen molar-refractivity contribution >= 4 is 22.1 Å². The van der Waals surface area contributed by atoms with Crippen LogP contribution in [0.2, 0.25) is 0 Å². The third-order valence-corrected chi connectivity index (χ3v) is 8.06. The largest absolute Gasteiger partial charge is 0.464 e. The van der Waals surface area contributed by atoms with Crippen LogP contribution in [-0.4, -0.2) is 107 Å². The lowest BCUT2D eigenvalue weighted by molar-refractivity contribution is -0.152. The van der Waals surface area contributed by atoms with Gasteiger partial charge in [-0.3, -0.25) is 13.8 Å². The van der Waals surface area contributed by atoms with Crippen LogP contribution in [0.15, 0.2) is 34.1 Å². The van der Waals surface area contributed by atoms with E-state index in [9.17, 15) is 40.8 Å². The van der Waals surface area contributed by atoms with Gasteiger partial charge in [0, 0.05) is 37.6 Å². The number of esters is 2. The van der Waals surface area contributed by atoms with Gasteiger partial charge in [0.15, 0.2) is 6.10 Å². The van der Waals surface area contributed by atoms with Crippen LogP contribution in [0.3, 0.4) is 0 Å². The number of aryl methyl sites for hydroxylation is 1. The molecule has 2 aromatic rings. The van der Waals surface area contributed by atoms with Crippen molar-refractivity contribution in [3.8, 4) is 0 Å². The molecule has 2 heterocycles. The van der Waals surface area contributed by atoms with Crippen molar-refractivity contribution in [2.45, 2.75) is 92.5 Å². The van der Waals surface area contributed by atoms with Crippen molar-refractivity contribution in [3.05, 3.63) is 67.5 Å². The molecule has 0 spiro atoms. The smallest absolute Gasteiger partial charge is 0.416 e. The highest BCUT2D eigenvalue weighted by Gasteiger charge is 2.35. The molecule has 310 valence electrons. The molecule has 2 rings (SSSR count). The standard InChI is InChI=1S/C18H27F3N2O3.C10H16N2O.C9H18O5S/c1-6-26-17(25)15(9-12(2)3)23-11-13(7-8-22(4)5)14(10-16(23)24)18(19,20)21;1-8-6-10(13)11-7-9(8)4-5-12(2)3;1-5-13-9(10)8(6-7(2)3)14-15(4,11)12/h10-12,15H,6-9H2,1-5H3;6-7H,4-5H2,1-3H3,(H,11,13);7-8H,5-6H2,1-4H3. The number of carbonyl (C=O) groups excluding carboxylic acids is 2. The van der Waals surface area contributed by atoms with Gasteiger partial charge in [-0.2, -0.15) is 21.6 Å². The maximum Gasteiger partial charge on any atom is 0.416 e. The minimum absolute atomic E-state index is 0.0103. The third kappa shape index (κ3) is 20.8. The van der Waals surface area contributed by atoms with Crippen molar-refractivity contribution in [1.29, 1.82) is 0 Å². The lowest BCUT2D eigenvalue weighted by atomic mass is 10.0. The number of pyridine rings is 2. The number of halogens is 3. The summed E-state index contributed by atoms with van der Waals surface area (Å²) in [7, 11) is 3.96. The molecular weight excluding hydrogens is 733 g/mol. The van der Waals surface area contributed by atoms with E-state index in [4.69, 9.17) is 9.47 Å². The maximum absolute atomic E-state index is 13.3. The number of nitrogens with zero attached hydrogens (tertiary/aromatic N) is 3. The first-order valence-corrected chi connectivity index (χ1v) is 19.7. The Morgan fingerprint density at radius 2 is 1.35 bits per heavy atom. The van der Waals surface area contributed by atoms with Gasteiger partial charge >= 0.3 is 18.1 Å². The first-order valence-electron chi connectivity index (χ1n) is 17.8. The Morgan fingerprint density at radius 1 is 0.852 bits per heavy atom. The zero-order chi connectivity index (χ0) is 42.0. The minimum Gasteiger partial charge on any atom is -0.464 e. The van der Waals surface area contributed by atoms with Gasteiger partial charge in [-0.25, -0.2) is 9.59 Å². The first-order chi connectivity index (χ1) is 24.8. The average molecular weight is 795 g/mol. The van der Waals surface area contributed by atoms with Crippen LogP contribution in [0.4, 0.5) is 13.2 Å². The molecule has 0 aliphatic rings. The van der Waals surface area contributed by atoms with Gasteiger partial charge in [0.05, 0.1) is 25.0 Å². The van der Waals surface area contributed by atoms with Gasteiger partial charge in [-0.1, -0.05) is 27.7 Å². The van der Waals surface area contributed by atoms with Crippen molar-refractivity contribution in [2.75, 3.05) is 60.7 Å². The second-order valence-corrected chi connectivity index (χ2v) is 15.7. The number of aromatic nitrogens is 2. The molecule has 17 heteroatoms. The average Bonchev–Trinajstić information content (AvgIpc) is 3.01. The predicted molar refractivity (Wildman–Crippen MR) is 203 cm³/mol. The zero-order valence-corrected chi connectivity index (χ0v) is 34.7. The summed E-state index contributed by atoms with van der Waals surface area (Å²) in [6.07, 6.45) is -0.0469. The Morgan fingerprint density at radius 3 is 1.78 bits per heavy atom. The monoisotopic (exact) mass is 794 g/mol. The summed E-state index contributed by atoms with van der Waals surface area (Å²) in [5, 5.41) is 0. The molecular formula is C37H61F3N4O9S. The molecule has 0 saturated carbocycles. The summed E-state index contributed by atoms with van der Waals surface area (Å²) in [6.45, 7) is 14.5. The highest BCUT2D eigenvalue weighted by molar-refractivity contribution is 7.86. The number of hydrogen-bond acceptors (Lipinski definition) is 11. The van der Waals surface area contributed by atoms with E-state index in [1.165, 1.54) is 11.8 Å². The fraction of sp³-hybridized carbons (Fsp3) is 0.676. The van der Waals surface area contributed by atoms with Crippen LogP contribution in [0.5, 0.6) is 0 Å². The fourth-order valence-corrected chi connectivity index (χ4v) is 5.50. The van der Waals surface area contributed by atoms with Crippen LogP contribution >= 0.6 is 0 Å². The van der Waals surface area contributed by atoms with E-state index >= 15 is 0 Å². The highest BCUT2D eigenvalue weighted by Crippen LogP contribution is 2.32. The molecule has 0 radical (unpaired) electrons. The normalized spacial score (nSPS) is 12.9. The minimum atomic E-state index is -4.63. The van der Waals surface area contributed by atoms with E-state index in [1.807, 2.05) is 48.7 Å². The SMILES string of the molecule is CCOC(=O)C(CC(C)C)OS(C)(=O)=O.CCOC(=O)C(CC(C)C)n1cc(CCN(C)C)c(C(F)(F)F)cc1=O.Cc1cc(=O)[nH]cc1CCN(C)C. The van der Waals surface area contributed by atoms with E-state index < -0.39 is 51.5 Å². The van der Waals surface area contributed by atoms with Crippen LogP contribution in [0.1, 0.15) is 82.7 Å². The van der Waals surface area contributed by atoms with Crippen molar-refractivity contribution in [1.82, 2.24) is 19.4 Å². The van der Waals surface area contributed by atoms with Gasteiger partial charge in [-0.15, -0.1) is 0 Å². The Hall–Kier alpha value is -3.54. The Labute approximate surface area is 318 Å². The molecule has 0 aromatic carbocycles. The molecule has 0 aliphatic carbocycles. The Kier molecular flexibility index (Phi) is 22.5. The van der Waals surface area contributed by atoms with E-state index in [1.54, 1.807) is 45.1 Å². The lowest BCUT2D eigenvalue weighted by Gasteiger charge is -2.23. The zero-order valence-electron chi connectivity index (χ0n) is 33.8. The topological polar surface area (TPSA) is 157 Å².